The first-order chi connectivity index (χ1) is 36.3. The Morgan fingerprint density at radius 2 is 1.03 bits per heavy atom. The summed E-state index contributed by atoms with van der Waals surface area (Å²) in [5, 5.41) is 173. The van der Waals surface area contributed by atoms with E-state index in [-0.39, 0.29) is 35.0 Å². The van der Waals surface area contributed by atoms with Gasteiger partial charge in [0.25, 0.3) is 0 Å². The van der Waals surface area contributed by atoms with E-state index in [1.54, 1.807) is 26.0 Å². The van der Waals surface area contributed by atoms with Crippen LogP contribution in [0.5, 0.6) is 0 Å². The Hall–Kier alpha value is -1.22. The molecule has 0 aromatic carbocycles. The lowest BCUT2D eigenvalue weighted by molar-refractivity contribution is -0.378. The van der Waals surface area contributed by atoms with E-state index >= 15 is 0 Å². The van der Waals surface area contributed by atoms with Gasteiger partial charge in [0.2, 0.25) is 0 Å². The predicted molar refractivity (Wildman–Crippen MR) is 268 cm³/mol. The van der Waals surface area contributed by atoms with E-state index in [1.807, 2.05) is 6.92 Å². The number of ether oxygens (including phenoxy) is 8. The summed E-state index contributed by atoms with van der Waals surface area (Å²) in [6, 6.07) is 0. The van der Waals surface area contributed by atoms with Crippen molar-refractivity contribution < 1.29 is 120 Å². The summed E-state index contributed by atoms with van der Waals surface area (Å²) in [5.74, 6) is -0.805. The zero-order chi connectivity index (χ0) is 57.6. The first kappa shape index (κ1) is 62.8. The minimum atomic E-state index is -1.83. The van der Waals surface area contributed by atoms with E-state index in [4.69, 9.17) is 37.9 Å². The molecule has 0 radical (unpaired) electrons. The van der Waals surface area contributed by atoms with Crippen LogP contribution in [0.25, 0.3) is 0 Å². The molecule has 4 heterocycles. The molecule has 0 unspecified atom stereocenters. The van der Waals surface area contributed by atoms with E-state index in [0.717, 1.165) is 12.8 Å². The van der Waals surface area contributed by atoms with Crippen LogP contribution in [0.2, 0.25) is 0 Å². The second kappa shape index (κ2) is 23.3. The van der Waals surface area contributed by atoms with E-state index in [2.05, 4.69) is 34.6 Å². The quantitative estimate of drug-likeness (QED) is 0.0534. The van der Waals surface area contributed by atoms with Crippen LogP contribution in [-0.2, 0) is 37.9 Å². The number of aliphatic hydroxyl groups is 16. The summed E-state index contributed by atoms with van der Waals surface area (Å²) >= 11 is 0. The molecule has 0 aromatic heterocycles. The van der Waals surface area contributed by atoms with Gasteiger partial charge >= 0.3 is 0 Å². The fourth-order valence-electron chi connectivity index (χ4n) is 16.1. The first-order valence-electron chi connectivity index (χ1n) is 28.0. The molecular formula is C54H92O24. The molecule has 4 saturated carbocycles. The van der Waals surface area contributed by atoms with Gasteiger partial charge in [-0.05, 0) is 117 Å². The van der Waals surface area contributed by atoms with E-state index in [9.17, 15) is 81.7 Å². The molecule has 30 atom stereocenters. The normalized spacial score (nSPS) is 52.6. The molecule has 78 heavy (non-hydrogen) atoms. The summed E-state index contributed by atoms with van der Waals surface area (Å²) in [6.45, 7) is 13.5. The lowest BCUT2D eigenvalue weighted by Gasteiger charge is -2.71. The van der Waals surface area contributed by atoms with Crippen molar-refractivity contribution in [3.8, 4) is 0 Å². The average Bonchev–Trinajstić information content (AvgIpc) is 3.95. The molecule has 24 heteroatoms. The first-order valence-corrected chi connectivity index (χ1v) is 28.0. The lowest BCUT2D eigenvalue weighted by Crippen LogP contribution is -2.68. The number of hydrogen-bond donors (Lipinski definition) is 16. The maximum Gasteiger partial charge on any atom is 0.187 e. The Labute approximate surface area is 455 Å². The zero-order valence-electron chi connectivity index (χ0n) is 46.1. The molecule has 24 nitrogen and oxygen atoms in total. The van der Waals surface area contributed by atoms with Crippen LogP contribution in [0.4, 0.5) is 0 Å². The maximum absolute atomic E-state index is 12.8. The Bertz CT molecular complexity index is 2030. The van der Waals surface area contributed by atoms with Gasteiger partial charge in [-0.25, -0.2) is 0 Å². The van der Waals surface area contributed by atoms with Crippen LogP contribution in [0, 0.1) is 45.3 Å². The van der Waals surface area contributed by atoms with Crippen molar-refractivity contribution in [2.45, 2.75) is 253 Å². The fraction of sp³-hybridized carbons (Fsp3) is 0.963. The highest BCUT2D eigenvalue weighted by atomic mass is 16.8. The van der Waals surface area contributed by atoms with E-state index in [0.29, 0.717) is 32.1 Å². The highest BCUT2D eigenvalue weighted by molar-refractivity contribution is 5.22. The highest BCUT2D eigenvalue weighted by Crippen LogP contribution is 2.76. The van der Waals surface area contributed by atoms with Crippen LogP contribution in [0.3, 0.4) is 0 Å². The van der Waals surface area contributed by atoms with Crippen molar-refractivity contribution in [2.24, 2.45) is 45.3 Å². The van der Waals surface area contributed by atoms with E-state index in [1.165, 1.54) is 0 Å². The van der Waals surface area contributed by atoms with Gasteiger partial charge in [-0.2, -0.15) is 0 Å². The smallest absolute Gasteiger partial charge is 0.187 e. The predicted octanol–water partition coefficient (Wildman–Crippen LogP) is -3.23. The summed E-state index contributed by atoms with van der Waals surface area (Å²) in [4.78, 5) is 0. The van der Waals surface area contributed by atoms with Gasteiger partial charge in [0.15, 0.2) is 25.2 Å². The van der Waals surface area contributed by atoms with Gasteiger partial charge in [-0.3, -0.25) is 0 Å². The van der Waals surface area contributed by atoms with Gasteiger partial charge in [0.05, 0.1) is 49.8 Å². The van der Waals surface area contributed by atoms with E-state index < -0.39 is 189 Å². The summed E-state index contributed by atoms with van der Waals surface area (Å²) < 4.78 is 48.7. The standard InChI is InChI=1S/C54H92O24/c1-49(2,70)13-9-14-54(8,78-47-43(69)39(65)36(62)28(75-47)22-71-45-41(67)37(63)33(59)25(19-55)72-45)23-10-16-53(7)32(23)24(58)18-30-51(5)15-12-31(50(3,4)29(51)11-17-52(30,53)6)76-48-44(40(66)35(61)27(21-57)74-48)77-46-42(68)38(64)34(60)26(20-56)73-46/h9,14,23-48,55-70H,10-13,15-22H2,1-8H3/b14-9+/t23-,24+,25-,26+,27-,28+,29-,30-,31-,32+,33+,34+,35+,36-,37-,38+,39+,40+,41+,42+,43+,44-,45+,46-,47+,48+,51-,52-,53+,54+/m0/s1. The van der Waals surface area contributed by atoms with Gasteiger partial charge in [-0.15, -0.1) is 0 Å². The van der Waals surface area contributed by atoms with Crippen molar-refractivity contribution in [3.05, 3.63) is 12.2 Å². The second-order valence-electron chi connectivity index (χ2n) is 26.2. The number of rotatable bonds is 16. The molecule has 452 valence electrons. The molecule has 16 N–H and O–H groups in total. The van der Waals surface area contributed by atoms with Crippen molar-refractivity contribution in [1.29, 1.82) is 0 Å². The molecule has 0 bridgehead atoms. The fourth-order valence-corrected chi connectivity index (χ4v) is 16.1. The van der Waals surface area contributed by atoms with Gasteiger partial charge in [-0.1, -0.05) is 46.8 Å². The molecule has 4 saturated heterocycles. The Balaban J connectivity index is 1.02. The SMILES string of the molecule is CC(C)(O)C/C=C/[C@@](C)(O[C@H]1O[C@H](CO[C@@H]2O[C@@H](CO)[C@@H](O)[C@H](O)[C@H]2O)[C@H](O)[C@@H](O)[C@H]1O)[C@H]1CC[C@]2(C)[C@H]1[C@H](O)C[C@H]1[C@@]3(C)CC[C@H](O[C@H]4O[C@@H](CO)[C@@H](O)[C@@H](O)[C@@H]4O[C@@H]4O[C@H](CO)[C@@H](O)[C@@H](O)[C@H]4O)C(C)(C)[C@@H]3CC[C@@]12C. The van der Waals surface area contributed by atoms with Crippen LogP contribution < -0.4 is 0 Å². The van der Waals surface area contributed by atoms with Crippen molar-refractivity contribution in [3.63, 3.8) is 0 Å². The third kappa shape index (κ3) is 11.1. The monoisotopic (exact) mass is 1120 g/mol. The molecule has 8 aliphatic rings. The summed E-state index contributed by atoms with van der Waals surface area (Å²) in [7, 11) is 0. The third-order valence-corrected chi connectivity index (χ3v) is 20.7. The Kier molecular flexibility index (Phi) is 18.8. The Morgan fingerprint density at radius 1 is 0.526 bits per heavy atom. The lowest BCUT2D eigenvalue weighted by atomic mass is 9.35. The number of aliphatic hydroxyl groups excluding tert-OH is 15. The third-order valence-electron chi connectivity index (χ3n) is 20.7. The maximum atomic E-state index is 12.8. The minimum absolute atomic E-state index is 0.00616. The Morgan fingerprint density at radius 3 is 1.60 bits per heavy atom. The highest BCUT2D eigenvalue weighted by Gasteiger charge is 2.72. The topological polar surface area (TPSA) is 398 Å². The second-order valence-corrected chi connectivity index (χ2v) is 26.2. The molecule has 8 rings (SSSR count). The van der Waals surface area contributed by atoms with Crippen molar-refractivity contribution in [2.75, 3.05) is 26.4 Å². The molecule has 4 aliphatic carbocycles. The molecule has 0 aromatic rings. The minimum Gasteiger partial charge on any atom is -0.394 e. The summed E-state index contributed by atoms with van der Waals surface area (Å²) in [5.41, 5.74) is -4.26. The molecule has 8 fully saturated rings. The summed E-state index contributed by atoms with van der Waals surface area (Å²) in [6.07, 6.45) is -25.6. The zero-order valence-corrected chi connectivity index (χ0v) is 46.1. The van der Waals surface area contributed by atoms with Gasteiger partial charge in [0.1, 0.15) is 97.7 Å². The largest absolute Gasteiger partial charge is 0.394 e. The number of hydrogen-bond acceptors (Lipinski definition) is 24. The molecule has 0 spiro atoms. The number of fused-ring (bicyclic) bond motifs is 5. The van der Waals surface area contributed by atoms with Crippen molar-refractivity contribution >= 4 is 0 Å². The molecule has 0 amide bonds. The van der Waals surface area contributed by atoms with Crippen LogP contribution in [-0.4, -0.2) is 254 Å². The van der Waals surface area contributed by atoms with Crippen molar-refractivity contribution in [1.82, 2.24) is 0 Å². The van der Waals surface area contributed by atoms with Gasteiger partial charge in [0, 0.05) is 0 Å². The van der Waals surface area contributed by atoms with Crippen LogP contribution in [0.1, 0.15) is 107 Å². The molecular weight excluding hydrogens is 1030 g/mol. The molecule has 4 aliphatic heterocycles. The van der Waals surface area contributed by atoms with Crippen LogP contribution in [0.15, 0.2) is 12.2 Å². The average molecular weight is 1130 g/mol. The van der Waals surface area contributed by atoms with Crippen LogP contribution >= 0.6 is 0 Å². The van der Waals surface area contributed by atoms with Gasteiger partial charge < -0.3 is 120 Å².